The Kier molecular flexibility index (Phi) is 6.68. The molecule has 0 spiro atoms. The lowest BCUT2D eigenvalue weighted by Gasteiger charge is -2.11. The molecule has 1 aromatic rings. The van der Waals surface area contributed by atoms with Gasteiger partial charge in [0.15, 0.2) is 0 Å². The van der Waals surface area contributed by atoms with Crippen molar-refractivity contribution >= 4 is 0 Å². The molecule has 0 bridgehead atoms. The van der Waals surface area contributed by atoms with Gasteiger partial charge >= 0.3 is 0 Å². The van der Waals surface area contributed by atoms with Gasteiger partial charge in [-0.05, 0) is 30.5 Å². The van der Waals surface area contributed by atoms with Gasteiger partial charge in [0.05, 0.1) is 6.61 Å². The second kappa shape index (κ2) is 8.06. The lowest BCUT2D eigenvalue weighted by atomic mass is 10.1. The zero-order valence-electron chi connectivity index (χ0n) is 11.1. The predicted octanol–water partition coefficient (Wildman–Crippen LogP) is 2.73. The highest BCUT2D eigenvalue weighted by atomic mass is 19.1. The van der Waals surface area contributed by atoms with E-state index in [9.17, 15) is 4.39 Å². The van der Waals surface area contributed by atoms with E-state index < -0.39 is 0 Å². The average molecular weight is 255 g/mol. The van der Waals surface area contributed by atoms with Gasteiger partial charge in [0.1, 0.15) is 18.2 Å². The highest BCUT2D eigenvalue weighted by Crippen LogP contribution is 2.18. The van der Waals surface area contributed by atoms with E-state index in [0.717, 1.165) is 13.0 Å². The maximum absolute atomic E-state index is 13.0. The molecule has 0 fully saturated rings. The average Bonchev–Trinajstić information content (AvgIpc) is 2.34. The number of hydrogen-bond donors (Lipinski definition) is 1. The first-order valence-electron chi connectivity index (χ1n) is 6.32. The molecule has 3 nitrogen and oxygen atoms in total. The van der Waals surface area contributed by atoms with E-state index in [1.54, 1.807) is 6.07 Å². The van der Waals surface area contributed by atoms with Gasteiger partial charge in [-0.15, -0.1) is 0 Å². The zero-order chi connectivity index (χ0) is 13.4. The Morgan fingerprint density at radius 3 is 2.67 bits per heavy atom. The third-order valence-corrected chi connectivity index (χ3v) is 2.57. The van der Waals surface area contributed by atoms with Gasteiger partial charge in [0.2, 0.25) is 0 Å². The van der Waals surface area contributed by atoms with Gasteiger partial charge in [-0.3, -0.25) is 0 Å². The molecule has 0 unspecified atom stereocenters. The molecule has 18 heavy (non-hydrogen) atoms. The van der Waals surface area contributed by atoms with Crippen molar-refractivity contribution < 1.29 is 13.9 Å². The van der Waals surface area contributed by atoms with Crippen molar-refractivity contribution in [3.63, 3.8) is 0 Å². The van der Waals surface area contributed by atoms with Crippen LogP contribution in [0.1, 0.15) is 25.8 Å². The van der Waals surface area contributed by atoms with Gasteiger partial charge in [-0.1, -0.05) is 13.8 Å². The minimum atomic E-state index is -0.295. The fraction of sp³-hybridized carbons (Fsp3) is 0.571. The topological polar surface area (TPSA) is 44.5 Å². The van der Waals surface area contributed by atoms with E-state index in [1.807, 2.05) is 0 Å². The van der Waals surface area contributed by atoms with Crippen LogP contribution in [-0.4, -0.2) is 19.8 Å². The number of benzene rings is 1. The van der Waals surface area contributed by atoms with Gasteiger partial charge in [0, 0.05) is 18.7 Å². The van der Waals surface area contributed by atoms with Crippen LogP contribution in [0, 0.1) is 11.7 Å². The minimum absolute atomic E-state index is 0.265. The van der Waals surface area contributed by atoms with Gasteiger partial charge in [0.25, 0.3) is 0 Å². The highest BCUT2D eigenvalue weighted by molar-refractivity contribution is 5.33. The fourth-order valence-electron chi connectivity index (χ4n) is 1.48. The highest BCUT2D eigenvalue weighted by Gasteiger charge is 2.03. The quantitative estimate of drug-likeness (QED) is 0.726. The first-order chi connectivity index (χ1) is 8.63. The SMILES string of the molecule is CC(C)CCOCCOc1ccc(F)cc1CN. The third-order valence-electron chi connectivity index (χ3n) is 2.57. The summed E-state index contributed by atoms with van der Waals surface area (Å²) in [4.78, 5) is 0. The summed E-state index contributed by atoms with van der Waals surface area (Å²) in [5.41, 5.74) is 6.20. The van der Waals surface area contributed by atoms with Gasteiger partial charge < -0.3 is 15.2 Å². The van der Waals surface area contributed by atoms with Crippen LogP contribution in [-0.2, 0) is 11.3 Å². The number of ether oxygens (including phenoxy) is 2. The number of halogens is 1. The Morgan fingerprint density at radius 1 is 1.22 bits per heavy atom. The standard InChI is InChI=1S/C14H22FNO2/c1-11(2)5-6-17-7-8-18-14-4-3-13(15)9-12(14)10-16/h3-4,9,11H,5-8,10,16H2,1-2H3. The van der Waals surface area contributed by atoms with E-state index in [2.05, 4.69) is 13.8 Å². The van der Waals surface area contributed by atoms with Crippen LogP contribution < -0.4 is 10.5 Å². The summed E-state index contributed by atoms with van der Waals surface area (Å²) < 4.78 is 23.9. The summed E-state index contributed by atoms with van der Waals surface area (Å²) >= 11 is 0. The van der Waals surface area contributed by atoms with Crippen molar-refractivity contribution in [1.29, 1.82) is 0 Å². The molecule has 0 heterocycles. The molecule has 0 aliphatic carbocycles. The van der Waals surface area contributed by atoms with Gasteiger partial charge in [-0.25, -0.2) is 4.39 Å². The van der Waals surface area contributed by atoms with Crippen LogP contribution in [0.25, 0.3) is 0 Å². The van der Waals surface area contributed by atoms with Crippen molar-refractivity contribution in [1.82, 2.24) is 0 Å². The lowest BCUT2D eigenvalue weighted by molar-refractivity contribution is 0.0922. The molecule has 4 heteroatoms. The first kappa shape index (κ1) is 14.9. The Morgan fingerprint density at radius 2 is 2.00 bits per heavy atom. The monoisotopic (exact) mass is 255 g/mol. The molecule has 0 aliphatic rings. The van der Waals surface area contributed by atoms with E-state index in [0.29, 0.717) is 30.4 Å². The maximum atomic E-state index is 13.0. The normalized spacial score (nSPS) is 10.9. The number of hydrogen-bond acceptors (Lipinski definition) is 3. The van der Waals surface area contributed by atoms with Crippen LogP contribution in [0.2, 0.25) is 0 Å². The van der Waals surface area contributed by atoms with Crippen LogP contribution in [0.3, 0.4) is 0 Å². The Bertz CT molecular complexity index is 356. The van der Waals surface area contributed by atoms with Crippen molar-refractivity contribution in [2.75, 3.05) is 19.8 Å². The second-order valence-electron chi connectivity index (χ2n) is 4.60. The lowest BCUT2D eigenvalue weighted by Crippen LogP contribution is -2.10. The van der Waals surface area contributed by atoms with E-state index in [1.165, 1.54) is 12.1 Å². The fourth-order valence-corrected chi connectivity index (χ4v) is 1.48. The summed E-state index contributed by atoms with van der Waals surface area (Å²) in [6, 6.07) is 4.37. The third kappa shape index (κ3) is 5.47. The van der Waals surface area contributed by atoms with E-state index in [4.69, 9.17) is 15.2 Å². The summed E-state index contributed by atoms with van der Waals surface area (Å²) in [7, 11) is 0. The van der Waals surface area contributed by atoms with Gasteiger partial charge in [-0.2, -0.15) is 0 Å². The molecule has 0 saturated carbocycles. The summed E-state index contributed by atoms with van der Waals surface area (Å²) in [6.07, 6.45) is 1.05. The molecule has 0 radical (unpaired) electrons. The molecule has 2 N–H and O–H groups in total. The van der Waals surface area contributed by atoms with Crippen LogP contribution in [0.5, 0.6) is 5.75 Å². The largest absolute Gasteiger partial charge is 0.491 e. The molecule has 0 amide bonds. The molecular weight excluding hydrogens is 233 g/mol. The van der Waals surface area contributed by atoms with Crippen molar-refractivity contribution in [2.45, 2.75) is 26.8 Å². The predicted molar refractivity (Wildman–Crippen MR) is 70.1 cm³/mol. The van der Waals surface area contributed by atoms with Crippen molar-refractivity contribution in [3.8, 4) is 5.75 Å². The molecule has 0 atom stereocenters. The molecule has 1 rings (SSSR count). The Hall–Kier alpha value is -1.13. The number of rotatable bonds is 8. The zero-order valence-corrected chi connectivity index (χ0v) is 11.1. The van der Waals surface area contributed by atoms with E-state index >= 15 is 0 Å². The molecule has 102 valence electrons. The van der Waals surface area contributed by atoms with Crippen LogP contribution in [0.4, 0.5) is 4.39 Å². The van der Waals surface area contributed by atoms with E-state index in [-0.39, 0.29) is 12.4 Å². The maximum Gasteiger partial charge on any atom is 0.124 e. The van der Waals surface area contributed by atoms with Crippen molar-refractivity contribution in [3.05, 3.63) is 29.6 Å². The Labute approximate surface area is 108 Å². The van der Waals surface area contributed by atoms with Crippen molar-refractivity contribution in [2.24, 2.45) is 11.7 Å². The molecule has 1 aromatic carbocycles. The molecular formula is C14H22FNO2. The smallest absolute Gasteiger partial charge is 0.124 e. The second-order valence-corrected chi connectivity index (χ2v) is 4.60. The molecule has 0 aliphatic heterocycles. The first-order valence-corrected chi connectivity index (χ1v) is 6.32. The van der Waals surface area contributed by atoms with Crippen LogP contribution in [0.15, 0.2) is 18.2 Å². The molecule has 0 saturated heterocycles. The van der Waals surface area contributed by atoms with Crippen LogP contribution >= 0.6 is 0 Å². The summed E-state index contributed by atoms with van der Waals surface area (Å²) in [5, 5.41) is 0. The summed E-state index contributed by atoms with van der Waals surface area (Å²) in [5.74, 6) is 0.981. The molecule has 0 aromatic heterocycles. The Balaban J connectivity index is 2.27. The summed E-state index contributed by atoms with van der Waals surface area (Å²) in [6.45, 7) is 6.32. The number of nitrogens with two attached hydrogens (primary N) is 1. The minimum Gasteiger partial charge on any atom is -0.491 e.